The van der Waals surface area contributed by atoms with Gasteiger partial charge in [-0.3, -0.25) is 9.69 Å². The molecule has 0 radical (unpaired) electrons. The molecule has 2 saturated heterocycles. The van der Waals surface area contributed by atoms with Gasteiger partial charge in [0.1, 0.15) is 0 Å². The maximum absolute atomic E-state index is 11.4. The first-order valence-electron chi connectivity index (χ1n) is 6.35. The number of likely N-dealkylation sites (tertiary alicyclic amines) is 2. The molecule has 0 aromatic heterocycles. The van der Waals surface area contributed by atoms with Crippen molar-refractivity contribution in [2.75, 3.05) is 32.7 Å². The Bertz CT molecular complexity index is 257. The normalized spacial score (nSPS) is 32.4. The number of carbonyl (C=O) groups excluding carboxylic acids is 1. The van der Waals surface area contributed by atoms with Crippen molar-refractivity contribution in [3.63, 3.8) is 0 Å². The molecule has 2 aliphatic rings. The lowest BCUT2D eigenvalue weighted by molar-refractivity contribution is -0.128. The Morgan fingerprint density at radius 1 is 1.38 bits per heavy atom. The monoisotopic (exact) mass is 226 g/mol. The number of hydrogen-bond donors (Lipinski definition) is 1. The first-order valence-corrected chi connectivity index (χ1v) is 6.35. The number of hydrogen-bond acceptors (Lipinski definition) is 3. The minimum Gasteiger partial charge on any atom is -0.392 e. The van der Waals surface area contributed by atoms with E-state index in [9.17, 15) is 9.90 Å². The summed E-state index contributed by atoms with van der Waals surface area (Å²) in [4.78, 5) is 15.6. The van der Waals surface area contributed by atoms with E-state index < -0.39 is 0 Å². The summed E-state index contributed by atoms with van der Waals surface area (Å²) in [6, 6.07) is 0. The van der Waals surface area contributed by atoms with Crippen LogP contribution in [0.3, 0.4) is 0 Å². The summed E-state index contributed by atoms with van der Waals surface area (Å²) in [5, 5.41) is 9.77. The van der Waals surface area contributed by atoms with Crippen LogP contribution in [0.5, 0.6) is 0 Å². The second-order valence-electron chi connectivity index (χ2n) is 5.12. The average Bonchev–Trinajstić information content (AvgIpc) is 2.66. The Hall–Kier alpha value is -0.610. The fourth-order valence-electron chi connectivity index (χ4n) is 2.52. The van der Waals surface area contributed by atoms with Crippen molar-refractivity contribution in [2.24, 2.45) is 5.92 Å². The van der Waals surface area contributed by atoms with Crippen LogP contribution >= 0.6 is 0 Å². The predicted molar refractivity (Wildman–Crippen MR) is 62.0 cm³/mol. The minimum atomic E-state index is -0.192. The first-order chi connectivity index (χ1) is 7.66. The van der Waals surface area contributed by atoms with Crippen molar-refractivity contribution in [1.82, 2.24) is 9.80 Å². The lowest BCUT2D eigenvalue weighted by Gasteiger charge is -2.35. The van der Waals surface area contributed by atoms with E-state index in [1.54, 1.807) is 0 Å². The van der Waals surface area contributed by atoms with Crippen molar-refractivity contribution in [1.29, 1.82) is 0 Å². The van der Waals surface area contributed by atoms with Gasteiger partial charge in [0.05, 0.1) is 6.10 Å². The molecule has 4 heteroatoms. The second-order valence-corrected chi connectivity index (χ2v) is 5.12. The van der Waals surface area contributed by atoms with Gasteiger partial charge in [0, 0.05) is 32.6 Å². The number of aliphatic hydroxyl groups is 1. The number of β-amino-alcohol motifs (C(OH)–C–C–N with tert-alkyl or cyclic N) is 1. The fourth-order valence-corrected chi connectivity index (χ4v) is 2.52. The van der Waals surface area contributed by atoms with Crippen LogP contribution in [-0.2, 0) is 4.79 Å². The molecule has 1 amide bonds. The molecule has 0 saturated carbocycles. The maximum atomic E-state index is 11.4. The molecule has 2 aliphatic heterocycles. The Kier molecular flexibility index (Phi) is 3.82. The third-order valence-electron chi connectivity index (χ3n) is 3.86. The summed E-state index contributed by atoms with van der Waals surface area (Å²) in [5.74, 6) is 0.718. The lowest BCUT2D eigenvalue weighted by Crippen LogP contribution is -2.45. The van der Waals surface area contributed by atoms with Gasteiger partial charge < -0.3 is 10.0 Å². The Morgan fingerprint density at radius 3 is 2.81 bits per heavy atom. The lowest BCUT2D eigenvalue weighted by atomic mass is 9.96. The number of carbonyl (C=O) groups is 1. The zero-order valence-electron chi connectivity index (χ0n) is 10.1. The molecule has 1 N–H and O–H groups in total. The van der Waals surface area contributed by atoms with Crippen molar-refractivity contribution in [2.45, 2.75) is 32.3 Å². The maximum Gasteiger partial charge on any atom is 0.222 e. The summed E-state index contributed by atoms with van der Waals surface area (Å²) in [6.45, 7) is 6.59. The summed E-state index contributed by atoms with van der Waals surface area (Å²) in [6.07, 6.45) is 2.61. The van der Waals surface area contributed by atoms with Gasteiger partial charge in [0.15, 0.2) is 0 Å². The number of rotatable bonds is 3. The zero-order chi connectivity index (χ0) is 11.5. The van der Waals surface area contributed by atoms with Crippen LogP contribution in [0, 0.1) is 5.92 Å². The molecule has 16 heavy (non-hydrogen) atoms. The van der Waals surface area contributed by atoms with Gasteiger partial charge in [0.2, 0.25) is 5.91 Å². The largest absolute Gasteiger partial charge is 0.392 e. The van der Waals surface area contributed by atoms with E-state index in [1.165, 1.54) is 0 Å². The van der Waals surface area contributed by atoms with E-state index in [0.717, 1.165) is 52.0 Å². The number of amides is 1. The van der Waals surface area contributed by atoms with Gasteiger partial charge in [-0.25, -0.2) is 0 Å². The van der Waals surface area contributed by atoms with Gasteiger partial charge in [-0.2, -0.15) is 0 Å². The average molecular weight is 226 g/mol. The highest BCUT2D eigenvalue weighted by atomic mass is 16.3. The molecule has 0 spiro atoms. The Balaban J connectivity index is 1.72. The Morgan fingerprint density at radius 2 is 2.19 bits per heavy atom. The molecule has 0 aromatic rings. The smallest absolute Gasteiger partial charge is 0.222 e. The third kappa shape index (κ3) is 2.74. The highest BCUT2D eigenvalue weighted by molar-refractivity contribution is 5.78. The molecule has 4 nitrogen and oxygen atoms in total. The van der Waals surface area contributed by atoms with Gasteiger partial charge >= 0.3 is 0 Å². The SMILES string of the molecule is CC1CCN(CCN2CCCC2=O)CC1O. The molecule has 2 unspecified atom stereocenters. The van der Waals surface area contributed by atoms with Crippen molar-refractivity contribution >= 4 is 5.91 Å². The molecule has 2 atom stereocenters. The van der Waals surface area contributed by atoms with Crippen molar-refractivity contribution in [3.05, 3.63) is 0 Å². The van der Waals surface area contributed by atoms with Crippen LogP contribution in [0.25, 0.3) is 0 Å². The zero-order valence-corrected chi connectivity index (χ0v) is 10.1. The molecular formula is C12H22N2O2. The van der Waals surface area contributed by atoms with Crippen LogP contribution in [0.15, 0.2) is 0 Å². The number of piperidine rings is 1. The van der Waals surface area contributed by atoms with E-state index in [-0.39, 0.29) is 6.10 Å². The van der Waals surface area contributed by atoms with Gasteiger partial charge in [-0.1, -0.05) is 6.92 Å². The van der Waals surface area contributed by atoms with Crippen LogP contribution in [0.2, 0.25) is 0 Å². The number of nitrogens with zero attached hydrogens (tertiary/aromatic N) is 2. The van der Waals surface area contributed by atoms with E-state index >= 15 is 0 Å². The topological polar surface area (TPSA) is 43.8 Å². The molecule has 2 rings (SSSR count). The molecular weight excluding hydrogens is 204 g/mol. The van der Waals surface area contributed by atoms with Crippen LogP contribution in [0.1, 0.15) is 26.2 Å². The van der Waals surface area contributed by atoms with Gasteiger partial charge in [-0.05, 0) is 25.3 Å². The van der Waals surface area contributed by atoms with Crippen molar-refractivity contribution in [3.8, 4) is 0 Å². The van der Waals surface area contributed by atoms with Crippen LogP contribution in [0.4, 0.5) is 0 Å². The van der Waals surface area contributed by atoms with E-state index in [4.69, 9.17) is 0 Å². The number of aliphatic hydroxyl groups excluding tert-OH is 1. The molecule has 92 valence electrons. The minimum absolute atomic E-state index is 0.192. The van der Waals surface area contributed by atoms with E-state index in [0.29, 0.717) is 11.8 Å². The quantitative estimate of drug-likeness (QED) is 0.753. The molecule has 2 fully saturated rings. The summed E-state index contributed by atoms with van der Waals surface area (Å²) >= 11 is 0. The highest BCUT2D eigenvalue weighted by Crippen LogP contribution is 2.17. The summed E-state index contributed by atoms with van der Waals surface area (Å²) < 4.78 is 0. The first kappa shape index (κ1) is 11.9. The van der Waals surface area contributed by atoms with Crippen LogP contribution < -0.4 is 0 Å². The van der Waals surface area contributed by atoms with Gasteiger partial charge in [-0.15, -0.1) is 0 Å². The summed E-state index contributed by atoms with van der Waals surface area (Å²) in [7, 11) is 0. The predicted octanol–water partition coefficient (Wildman–Crippen LogP) is 0.311. The third-order valence-corrected chi connectivity index (χ3v) is 3.86. The van der Waals surface area contributed by atoms with Crippen LogP contribution in [-0.4, -0.2) is 59.6 Å². The molecule has 2 heterocycles. The van der Waals surface area contributed by atoms with Gasteiger partial charge in [0.25, 0.3) is 0 Å². The van der Waals surface area contributed by atoms with E-state index in [1.807, 2.05) is 4.90 Å². The molecule has 0 bridgehead atoms. The fraction of sp³-hybridized carbons (Fsp3) is 0.917. The molecule has 0 aliphatic carbocycles. The summed E-state index contributed by atoms with van der Waals surface area (Å²) in [5.41, 5.74) is 0. The Labute approximate surface area is 97.2 Å². The van der Waals surface area contributed by atoms with E-state index in [2.05, 4.69) is 11.8 Å². The molecule has 0 aromatic carbocycles. The van der Waals surface area contributed by atoms with Crippen molar-refractivity contribution < 1.29 is 9.90 Å². The second kappa shape index (κ2) is 5.15. The standard InChI is InChI=1S/C12H22N2O2/c1-10-4-6-13(9-11(10)15)7-8-14-5-2-3-12(14)16/h10-11,15H,2-9H2,1H3. The highest BCUT2D eigenvalue weighted by Gasteiger charge is 2.25.